The van der Waals surface area contributed by atoms with E-state index < -0.39 is 29.5 Å². The Morgan fingerprint density at radius 2 is 1.66 bits per heavy atom. The van der Waals surface area contributed by atoms with Crippen molar-refractivity contribution in [3.05, 3.63) is 48.0 Å². The monoisotopic (exact) mass is 527 g/mol. The minimum Gasteiger partial charge on any atom is -0.457 e. The lowest BCUT2D eigenvalue weighted by atomic mass is 9.89. The SMILES string of the molecule is CCCCCCC(=O)CCCCCC/C=C/C[C@H]1OC(=O)[C@@]2(NC(=O)c3ccccc3)COC(C)(C)O[C@@H]12. The molecule has 1 amide bonds. The van der Waals surface area contributed by atoms with Gasteiger partial charge in [0.05, 0.1) is 6.61 Å². The van der Waals surface area contributed by atoms with Crippen LogP contribution in [0.3, 0.4) is 0 Å². The Labute approximate surface area is 227 Å². The summed E-state index contributed by atoms with van der Waals surface area (Å²) in [7, 11) is 0. The van der Waals surface area contributed by atoms with Crippen LogP contribution in [0.4, 0.5) is 0 Å². The van der Waals surface area contributed by atoms with Crippen LogP contribution in [0.2, 0.25) is 0 Å². The number of benzene rings is 1. The van der Waals surface area contributed by atoms with Gasteiger partial charge in [-0.25, -0.2) is 4.79 Å². The van der Waals surface area contributed by atoms with Crippen molar-refractivity contribution in [2.45, 2.75) is 121 Å². The van der Waals surface area contributed by atoms with E-state index in [9.17, 15) is 14.4 Å². The Balaban J connectivity index is 1.43. The minimum atomic E-state index is -1.38. The van der Waals surface area contributed by atoms with Gasteiger partial charge in [0.25, 0.3) is 5.91 Å². The van der Waals surface area contributed by atoms with E-state index in [-0.39, 0.29) is 12.5 Å². The first-order valence-corrected chi connectivity index (χ1v) is 14.3. The second kappa shape index (κ2) is 14.6. The van der Waals surface area contributed by atoms with Gasteiger partial charge in [-0.05, 0) is 51.7 Å². The normalized spacial score (nSPS) is 24.2. The molecule has 1 aromatic carbocycles. The van der Waals surface area contributed by atoms with E-state index in [2.05, 4.69) is 18.3 Å². The molecule has 0 unspecified atom stereocenters. The van der Waals surface area contributed by atoms with Crippen molar-refractivity contribution >= 4 is 17.7 Å². The zero-order chi connectivity index (χ0) is 27.4. The molecule has 0 aromatic heterocycles. The molecule has 0 saturated carbocycles. The highest BCUT2D eigenvalue weighted by Gasteiger charge is 2.63. The number of esters is 1. The Bertz CT molecular complexity index is 943. The quantitative estimate of drug-likeness (QED) is 0.160. The van der Waals surface area contributed by atoms with E-state index in [0.29, 0.717) is 24.2 Å². The molecule has 7 heteroatoms. The molecule has 2 aliphatic heterocycles. The van der Waals surface area contributed by atoms with Crippen molar-refractivity contribution in [1.29, 1.82) is 0 Å². The summed E-state index contributed by atoms with van der Waals surface area (Å²) >= 11 is 0. The molecule has 0 aliphatic carbocycles. The van der Waals surface area contributed by atoms with Crippen LogP contribution in [-0.4, -0.2) is 47.8 Å². The Morgan fingerprint density at radius 1 is 0.974 bits per heavy atom. The number of nitrogens with one attached hydrogen (secondary N) is 1. The third kappa shape index (κ3) is 8.50. The van der Waals surface area contributed by atoms with Crippen molar-refractivity contribution in [3.63, 3.8) is 0 Å². The average molecular weight is 528 g/mol. The molecule has 3 atom stereocenters. The fourth-order valence-electron chi connectivity index (χ4n) is 5.04. The molecule has 0 spiro atoms. The first-order valence-electron chi connectivity index (χ1n) is 14.3. The summed E-state index contributed by atoms with van der Waals surface area (Å²) in [6.07, 6.45) is 14.7. The van der Waals surface area contributed by atoms with Crippen LogP contribution in [0, 0.1) is 0 Å². The number of carbonyl (C=O) groups excluding carboxylic acids is 3. The molecular formula is C31H45NO6. The van der Waals surface area contributed by atoms with Crippen LogP contribution >= 0.6 is 0 Å². The predicted molar refractivity (Wildman–Crippen MR) is 147 cm³/mol. The zero-order valence-electron chi connectivity index (χ0n) is 23.3. The maximum absolute atomic E-state index is 13.0. The third-order valence-electron chi connectivity index (χ3n) is 7.30. The molecule has 210 valence electrons. The molecule has 3 rings (SSSR count). The van der Waals surface area contributed by atoms with Gasteiger partial charge in [-0.2, -0.15) is 0 Å². The number of rotatable bonds is 16. The van der Waals surface area contributed by atoms with Gasteiger partial charge in [-0.3, -0.25) is 9.59 Å². The number of Topliss-reactive ketones (excluding diaryl/α,β-unsaturated/α-hetero) is 1. The molecule has 7 nitrogen and oxygen atoms in total. The molecule has 2 fully saturated rings. The van der Waals surface area contributed by atoms with Crippen LogP contribution in [0.25, 0.3) is 0 Å². The number of hydrogen-bond donors (Lipinski definition) is 1. The van der Waals surface area contributed by atoms with E-state index in [1.807, 2.05) is 12.1 Å². The van der Waals surface area contributed by atoms with E-state index in [1.165, 1.54) is 12.8 Å². The van der Waals surface area contributed by atoms with Crippen LogP contribution in [0.5, 0.6) is 0 Å². The topological polar surface area (TPSA) is 90.9 Å². The molecule has 2 aliphatic rings. The summed E-state index contributed by atoms with van der Waals surface area (Å²) in [5, 5.41) is 2.87. The fraction of sp³-hybridized carbons (Fsp3) is 0.645. The minimum absolute atomic E-state index is 0.0104. The van der Waals surface area contributed by atoms with Crippen molar-refractivity contribution in [1.82, 2.24) is 5.32 Å². The molecule has 2 saturated heterocycles. The van der Waals surface area contributed by atoms with E-state index in [1.54, 1.807) is 38.1 Å². The van der Waals surface area contributed by atoms with Gasteiger partial charge in [0, 0.05) is 24.8 Å². The summed E-state index contributed by atoms with van der Waals surface area (Å²) in [4.78, 5) is 37.9. The lowest BCUT2D eigenvalue weighted by Gasteiger charge is -2.44. The smallest absolute Gasteiger partial charge is 0.337 e. The molecule has 0 bridgehead atoms. The molecular weight excluding hydrogens is 482 g/mol. The third-order valence-corrected chi connectivity index (χ3v) is 7.30. The van der Waals surface area contributed by atoms with E-state index >= 15 is 0 Å². The predicted octanol–water partition coefficient (Wildman–Crippen LogP) is 6.06. The number of ether oxygens (including phenoxy) is 3. The van der Waals surface area contributed by atoms with Crippen molar-refractivity contribution in [3.8, 4) is 0 Å². The highest BCUT2D eigenvalue weighted by Crippen LogP contribution is 2.39. The van der Waals surface area contributed by atoms with Crippen molar-refractivity contribution in [2.75, 3.05) is 6.61 Å². The van der Waals surface area contributed by atoms with Gasteiger partial charge in [-0.1, -0.05) is 69.4 Å². The molecule has 38 heavy (non-hydrogen) atoms. The summed E-state index contributed by atoms with van der Waals surface area (Å²) in [6, 6.07) is 8.77. The number of hydrogen-bond acceptors (Lipinski definition) is 6. The van der Waals surface area contributed by atoms with E-state index in [0.717, 1.165) is 51.4 Å². The largest absolute Gasteiger partial charge is 0.457 e. The van der Waals surface area contributed by atoms with Crippen molar-refractivity contribution in [2.24, 2.45) is 0 Å². The average Bonchev–Trinajstić information content (AvgIpc) is 3.15. The number of carbonyl (C=O) groups is 3. The lowest BCUT2D eigenvalue weighted by molar-refractivity contribution is -0.295. The van der Waals surface area contributed by atoms with Crippen LogP contribution < -0.4 is 5.32 Å². The van der Waals surface area contributed by atoms with Crippen LogP contribution in [-0.2, 0) is 23.8 Å². The Morgan fingerprint density at radius 3 is 2.37 bits per heavy atom. The van der Waals surface area contributed by atoms with Gasteiger partial charge in [0.1, 0.15) is 18.0 Å². The zero-order valence-corrected chi connectivity index (χ0v) is 23.3. The first kappa shape index (κ1) is 30.0. The van der Waals surface area contributed by atoms with Gasteiger partial charge in [0.15, 0.2) is 11.3 Å². The molecule has 1 N–H and O–H groups in total. The highest BCUT2D eigenvalue weighted by molar-refractivity contribution is 5.99. The maximum atomic E-state index is 13.0. The number of amides is 1. The Hall–Kier alpha value is -2.51. The number of ketones is 1. The van der Waals surface area contributed by atoms with Crippen LogP contribution in [0.1, 0.15) is 108 Å². The maximum Gasteiger partial charge on any atom is 0.337 e. The highest BCUT2D eigenvalue weighted by atomic mass is 16.7. The summed E-state index contributed by atoms with van der Waals surface area (Å²) in [6.45, 7) is 5.77. The second-order valence-corrected chi connectivity index (χ2v) is 11.0. The second-order valence-electron chi connectivity index (χ2n) is 11.0. The number of unbranched alkanes of at least 4 members (excludes halogenated alkanes) is 7. The summed E-state index contributed by atoms with van der Waals surface area (Å²) in [5.41, 5.74) is -0.924. The molecule has 2 heterocycles. The first-order chi connectivity index (χ1) is 18.3. The lowest BCUT2D eigenvalue weighted by Crippen LogP contribution is -2.68. The summed E-state index contributed by atoms with van der Waals surface area (Å²) < 4.78 is 17.7. The number of cyclic esters (lactones) is 1. The van der Waals surface area contributed by atoms with Gasteiger partial charge < -0.3 is 19.5 Å². The van der Waals surface area contributed by atoms with E-state index in [4.69, 9.17) is 14.2 Å². The van der Waals surface area contributed by atoms with Gasteiger partial charge in [-0.15, -0.1) is 0 Å². The summed E-state index contributed by atoms with van der Waals surface area (Å²) in [5.74, 6) is -1.38. The van der Waals surface area contributed by atoms with Crippen molar-refractivity contribution < 1.29 is 28.6 Å². The van der Waals surface area contributed by atoms with Crippen LogP contribution in [0.15, 0.2) is 42.5 Å². The number of fused-ring (bicyclic) bond motifs is 1. The Kier molecular flexibility index (Phi) is 11.5. The van der Waals surface area contributed by atoms with Gasteiger partial charge >= 0.3 is 5.97 Å². The number of allylic oxidation sites excluding steroid dienone is 1. The van der Waals surface area contributed by atoms with Gasteiger partial charge in [0.2, 0.25) is 0 Å². The molecule has 1 aromatic rings. The fourth-order valence-corrected chi connectivity index (χ4v) is 5.04. The standard InChI is InChI=1S/C31H45NO6/c1-4-5-6-15-20-25(33)21-16-10-8-7-9-11-17-22-26-27-31(29(35)37-26,23-36-30(2,3)38-27)32-28(34)24-18-13-12-14-19-24/h11-14,17-19,26-27H,4-10,15-16,20-23H2,1-3H3,(H,32,34)/b17-11+/t26-,27+,31-/m1/s1. The molecule has 0 radical (unpaired) electrons.